The van der Waals surface area contributed by atoms with Gasteiger partial charge in [0.2, 0.25) is 0 Å². The Morgan fingerprint density at radius 2 is 2.06 bits per heavy atom. The number of imidazole rings is 1. The van der Waals surface area contributed by atoms with Crippen LogP contribution in [-0.2, 0) is 6.42 Å². The van der Waals surface area contributed by atoms with Crippen LogP contribution >= 0.6 is 0 Å². The average Bonchev–Trinajstić information content (AvgIpc) is 2.85. The molecule has 0 aliphatic carbocycles. The van der Waals surface area contributed by atoms with Gasteiger partial charge in [-0.1, -0.05) is 6.92 Å². The SMILES string of the molecule is CCc1nccn1-c1ccc(OC)cc1OC. The Labute approximate surface area is 101 Å². The van der Waals surface area contributed by atoms with Gasteiger partial charge in [0.15, 0.2) is 0 Å². The Kier molecular flexibility index (Phi) is 3.32. The van der Waals surface area contributed by atoms with Crippen LogP contribution in [-0.4, -0.2) is 23.8 Å². The van der Waals surface area contributed by atoms with Gasteiger partial charge in [-0.3, -0.25) is 0 Å². The van der Waals surface area contributed by atoms with E-state index < -0.39 is 0 Å². The van der Waals surface area contributed by atoms with Gasteiger partial charge in [0.05, 0.1) is 19.9 Å². The van der Waals surface area contributed by atoms with Gasteiger partial charge in [0.1, 0.15) is 17.3 Å². The Bertz CT molecular complexity index is 506. The lowest BCUT2D eigenvalue weighted by atomic mass is 10.2. The zero-order valence-electron chi connectivity index (χ0n) is 10.3. The van der Waals surface area contributed by atoms with Crippen LogP contribution in [0.1, 0.15) is 12.7 Å². The van der Waals surface area contributed by atoms with Crippen molar-refractivity contribution in [2.75, 3.05) is 14.2 Å². The molecule has 0 spiro atoms. The molecule has 0 saturated heterocycles. The van der Waals surface area contributed by atoms with Gasteiger partial charge in [0, 0.05) is 24.9 Å². The highest BCUT2D eigenvalue weighted by Gasteiger charge is 2.09. The van der Waals surface area contributed by atoms with Crippen LogP contribution in [0, 0.1) is 0 Å². The number of hydrogen-bond acceptors (Lipinski definition) is 3. The minimum absolute atomic E-state index is 0.775. The van der Waals surface area contributed by atoms with Crippen LogP contribution in [0.25, 0.3) is 5.69 Å². The summed E-state index contributed by atoms with van der Waals surface area (Å²) in [5.41, 5.74) is 0.975. The molecule has 0 aliphatic heterocycles. The normalized spacial score (nSPS) is 10.3. The molecule has 1 aromatic carbocycles. The van der Waals surface area contributed by atoms with Gasteiger partial charge >= 0.3 is 0 Å². The third-order valence-corrected chi connectivity index (χ3v) is 2.68. The monoisotopic (exact) mass is 232 g/mol. The third kappa shape index (κ3) is 2.11. The summed E-state index contributed by atoms with van der Waals surface area (Å²) in [6.45, 7) is 2.08. The zero-order valence-corrected chi connectivity index (χ0v) is 10.3. The zero-order chi connectivity index (χ0) is 12.3. The molecule has 0 bridgehead atoms. The van der Waals surface area contributed by atoms with Crippen LogP contribution in [0.5, 0.6) is 11.5 Å². The molecule has 0 amide bonds. The molecule has 0 unspecified atom stereocenters. The summed E-state index contributed by atoms with van der Waals surface area (Å²) in [5.74, 6) is 2.56. The molecule has 0 atom stereocenters. The van der Waals surface area contributed by atoms with E-state index >= 15 is 0 Å². The second kappa shape index (κ2) is 4.91. The molecular weight excluding hydrogens is 216 g/mol. The first-order valence-corrected chi connectivity index (χ1v) is 5.54. The van der Waals surface area contributed by atoms with Crippen molar-refractivity contribution in [3.63, 3.8) is 0 Å². The number of nitrogens with zero attached hydrogens (tertiary/aromatic N) is 2. The van der Waals surface area contributed by atoms with Crippen molar-refractivity contribution in [1.82, 2.24) is 9.55 Å². The molecule has 0 aliphatic rings. The summed E-state index contributed by atoms with van der Waals surface area (Å²) < 4.78 is 12.6. The Balaban J connectivity index is 2.51. The Morgan fingerprint density at radius 3 is 2.71 bits per heavy atom. The predicted octanol–water partition coefficient (Wildman–Crippen LogP) is 2.45. The highest BCUT2D eigenvalue weighted by Crippen LogP contribution is 2.28. The molecule has 2 rings (SSSR count). The minimum atomic E-state index is 0.775. The van der Waals surface area contributed by atoms with E-state index in [-0.39, 0.29) is 0 Å². The van der Waals surface area contributed by atoms with Crippen molar-refractivity contribution in [2.45, 2.75) is 13.3 Å². The summed E-state index contributed by atoms with van der Waals surface area (Å²) in [6, 6.07) is 5.75. The molecule has 1 heterocycles. The van der Waals surface area contributed by atoms with E-state index in [0.717, 1.165) is 29.4 Å². The van der Waals surface area contributed by atoms with Crippen molar-refractivity contribution in [2.24, 2.45) is 0 Å². The van der Waals surface area contributed by atoms with E-state index in [1.54, 1.807) is 20.4 Å². The number of aryl methyl sites for hydroxylation is 1. The van der Waals surface area contributed by atoms with Gasteiger partial charge in [-0.15, -0.1) is 0 Å². The van der Waals surface area contributed by atoms with Crippen LogP contribution < -0.4 is 9.47 Å². The quantitative estimate of drug-likeness (QED) is 0.812. The highest BCUT2D eigenvalue weighted by atomic mass is 16.5. The molecule has 4 nitrogen and oxygen atoms in total. The van der Waals surface area contributed by atoms with Crippen molar-refractivity contribution in [3.8, 4) is 17.2 Å². The maximum Gasteiger partial charge on any atom is 0.146 e. The average molecular weight is 232 g/mol. The number of benzene rings is 1. The minimum Gasteiger partial charge on any atom is -0.497 e. The van der Waals surface area contributed by atoms with Crippen molar-refractivity contribution < 1.29 is 9.47 Å². The molecular formula is C13H16N2O2. The molecule has 1 aromatic heterocycles. The van der Waals surface area contributed by atoms with Crippen molar-refractivity contribution in [3.05, 3.63) is 36.4 Å². The van der Waals surface area contributed by atoms with E-state index in [0.29, 0.717) is 0 Å². The first-order valence-electron chi connectivity index (χ1n) is 5.54. The fourth-order valence-corrected chi connectivity index (χ4v) is 1.80. The van der Waals surface area contributed by atoms with E-state index in [4.69, 9.17) is 9.47 Å². The topological polar surface area (TPSA) is 36.3 Å². The summed E-state index contributed by atoms with van der Waals surface area (Å²) in [4.78, 5) is 4.31. The summed E-state index contributed by atoms with van der Waals surface area (Å²) >= 11 is 0. The third-order valence-electron chi connectivity index (χ3n) is 2.68. The molecule has 0 radical (unpaired) electrons. The maximum absolute atomic E-state index is 5.38. The number of aromatic nitrogens is 2. The lowest BCUT2D eigenvalue weighted by molar-refractivity contribution is 0.393. The van der Waals surface area contributed by atoms with Crippen LogP contribution in [0.2, 0.25) is 0 Å². The van der Waals surface area contributed by atoms with E-state index in [1.807, 2.05) is 29.0 Å². The summed E-state index contributed by atoms with van der Waals surface area (Å²) in [5, 5.41) is 0. The molecule has 0 N–H and O–H groups in total. The van der Waals surface area contributed by atoms with Gasteiger partial charge in [-0.05, 0) is 12.1 Å². The smallest absolute Gasteiger partial charge is 0.146 e. The number of methoxy groups -OCH3 is 2. The van der Waals surface area contributed by atoms with Crippen molar-refractivity contribution >= 4 is 0 Å². The van der Waals surface area contributed by atoms with E-state index in [1.165, 1.54) is 0 Å². The van der Waals surface area contributed by atoms with Crippen LogP contribution in [0.15, 0.2) is 30.6 Å². The Hall–Kier alpha value is -1.97. The molecule has 0 fully saturated rings. The summed E-state index contributed by atoms with van der Waals surface area (Å²) in [7, 11) is 3.30. The largest absolute Gasteiger partial charge is 0.497 e. The van der Waals surface area contributed by atoms with E-state index in [9.17, 15) is 0 Å². The predicted molar refractivity (Wildman–Crippen MR) is 66.0 cm³/mol. The first-order chi connectivity index (χ1) is 8.30. The Morgan fingerprint density at radius 1 is 1.24 bits per heavy atom. The van der Waals surface area contributed by atoms with Crippen LogP contribution in [0.4, 0.5) is 0 Å². The van der Waals surface area contributed by atoms with Gasteiger partial charge in [-0.2, -0.15) is 0 Å². The van der Waals surface area contributed by atoms with Gasteiger partial charge in [-0.25, -0.2) is 4.98 Å². The van der Waals surface area contributed by atoms with Gasteiger partial charge in [0.25, 0.3) is 0 Å². The standard InChI is InChI=1S/C13H16N2O2/c1-4-13-14-7-8-15(13)11-6-5-10(16-2)9-12(11)17-3/h5-9H,4H2,1-3H3. The number of rotatable bonds is 4. The molecule has 4 heteroatoms. The maximum atomic E-state index is 5.38. The second-order valence-electron chi connectivity index (χ2n) is 3.60. The number of hydrogen-bond donors (Lipinski definition) is 0. The van der Waals surface area contributed by atoms with Crippen LogP contribution in [0.3, 0.4) is 0 Å². The second-order valence-corrected chi connectivity index (χ2v) is 3.60. The highest BCUT2D eigenvalue weighted by molar-refractivity contribution is 5.51. The van der Waals surface area contributed by atoms with Crippen molar-refractivity contribution in [1.29, 1.82) is 0 Å². The first kappa shape index (κ1) is 11.5. The fraction of sp³-hybridized carbons (Fsp3) is 0.308. The lowest BCUT2D eigenvalue weighted by Crippen LogP contribution is -2.01. The lowest BCUT2D eigenvalue weighted by Gasteiger charge is -2.12. The van der Waals surface area contributed by atoms with Gasteiger partial charge < -0.3 is 14.0 Å². The molecule has 90 valence electrons. The molecule has 2 aromatic rings. The molecule has 0 saturated carbocycles. The fourth-order valence-electron chi connectivity index (χ4n) is 1.80. The molecule has 17 heavy (non-hydrogen) atoms. The number of ether oxygens (including phenoxy) is 2. The van der Waals surface area contributed by atoms with E-state index in [2.05, 4.69) is 11.9 Å². The summed E-state index contributed by atoms with van der Waals surface area (Å²) in [6.07, 6.45) is 4.61.